The SMILES string of the molecule is COC(=O)c1cccc(NC(C)(C)C(=O)OC)c1. The van der Waals surface area contributed by atoms with Gasteiger partial charge in [0.25, 0.3) is 0 Å². The van der Waals surface area contributed by atoms with Gasteiger partial charge in [-0.3, -0.25) is 0 Å². The second-order valence-electron chi connectivity index (χ2n) is 4.31. The van der Waals surface area contributed by atoms with Crippen LogP contribution in [0.15, 0.2) is 24.3 Å². The highest BCUT2D eigenvalue weighted by Crippen LogP contribution is 2.18. The first-order valence-corrected chi connectivity index (χ1v) is 5.45. The molecule has 0 fully saturated rings. The minimum atomic E-state index is -0.872. The molecule has 1 rings (SSSR count). The number of carbonyl (C=O) groups excluding carboxylic acids is 2. The van der Waals surface area contributed by atoms with E-state index in [0.29, 0.717) is 11.3 Å². The van der Waals surface area contributed by atoms with Crippen molar-refractivity contribution >= 4 is 17.6 Å². The van der Waals surface area contributed by atoms with Gasteiger partial charge in [-0.25, -0.2) is 9.59 Å². The lowest BCUT2D eigenvalue weighted by atomic mass is 10.0. The third kappa shape index (κ3) is 3.23. The monoisotopic (exact) mass is 251 g/mol. The molecular formula is C13H17NO4. The fourth-order valence-electron chi connectivity index (χ4n) is 1.51. The molecule has 5 heteroatoms. The molecule has 0 atom stereocenters. The van der Waals surface area contributed by atoms with Crippen LogP contribution in [0.2, 0.25) is 0 Å². The van der Waals surface area contributed by atoms with E-state index in [1.165, 1.54) is 14.2 Å². The molecule has 5 nitrogen and oxygen atoms in total. The van der Waals surface area contributed by atoms with Gasteiger partial charge in [0.05, 0.1) is 19.8 Å². The second-order valence-corrected chi connectivity index (χ2v) is 4.31. The van der Waals surface area contributed by atoms with Gasteiger partial charge in [-0.05, 0) is 32.0 Å². The number of hydrogen-bond acceptors (Lipinski definition) is 5. The lowest BCUT2D eigenvalue weighted by Crippen LogP contribution is -2.41. The van der Waals surface area contributed by atoms with Crippen LogP contribution in [0.5, 0.6) is 0 Å². The normalized spacial score (nSPS) is 10.7. The number of hydrogen-bond donors (Lipinski definition) is 1. The number of ether oxygens (including phenoxy) is 2. The predicted molar refractivity (Wildman–Crippen MR) is 67.5 cm³/mol. The Morgan fingerprint density at radius 3 is 2.39 bits per heavy atom. The topological polar surface area (TPSA) is 64.6 Å². The molecule has 0 saturated carbocycles. The van der Waals surface area contributed by atoms with E-state index in [2.05, 4.69) is 10.1 Å². The van der Waals surface area contributed by atoms with Crippen molar-refractivity contribution in [1.82, 2.24) is 0 Å². The highest BCUT2D eigenvalue weighted by molar-refractivity contribution is 5.91. The molecule has 98 valence electrons. The summed E-state index contributed by atoms with van der Waals surface area (Å²) < 4.78 is 9.32. The first-order chi connectivity index (χ1) is 8.40. The van der Waals surface area contributed by atoms with E-state index in [-0.39, 0.29) is 5.97 Å². The lowest BCUT2D eigenvalue weighted by Gasteiger charge is -2.24. The Morgan fingerprint density at radius 1 is 1.17 bits per heavy atom. The van der Waals surface area contributed by atoms with Gasteiger partial charge in [-0.1, -0.05) is 6.07 Å². The summed E-state index contributed by atoms with van der Waals surface area (Å²) >= 11 is 0. The van der Waals surface area contributed by atoms with Crippen molar-refractivity contribution in [3.8, 4) is 0 Å². The number of methoxy groups -OCH3 is 2. The molecule has 0 spiro atoms. The minimum absolute atomic E-state index is 0.383. The second kappa shape index (κ2) is 5.53. The third-order valence-corrected chi connectivity index (χ3v) is 2.44. The van der Waals surface area contributed by atoms with Crippen molar-refractivity contribution < 1.29 is 19.1 Å². The van der Waals surface area contributed by atoms with Crippen LogP contribution in [0, 0.1) is 0 Å². The van der Waals surface area contributed by atoms with E-state index >= 15 is 0 Å². The summed E-state index contributed by atoms with van der Waals surface area (Å²) in [6.45, 7) is 3.40. The van der Waals surface area contributed by atoms with Crippen LogP contribution >= 0.6 is 0 Å². The first kappa shape index (κ1) is 14.0. The Hall–Kier alpha value is -2.04. The maximum atomic E-state index is 11.5. The van der Waals surface area contributed by atoms with E-state index in [1.54, 1.807) is 38.1 Å². The fourth-order valence-corrected chi connectivity index (χ4v) is 1.51. The average molecular weight is 251 g/mol. The fraction of sp³-hybridized carbons (Fsp3) is 0.385. The van der Waals surface area contributed by atoms with Crippen LogP contribution < -0.4 is 5.32 Å². The van der Waals surface area contributed by atoms with Crippen LogP contribution in [0.1, 0.15) is 24.2 Å². The molecule has 0 aliphatic carbocycles. The molecule has 0 aromatic heterocycles. The summed E-state index contributed by atoms with van der Waals surface area (Å²) in [6.07, 6.45) is 0. The van der Waals surface area contributed by atoms with Crippen molar-refractivity contribution in [2.75, 3.05) is 19.5 Å². The van der Waals surface area contributed by atoms with Gasteiger partial charge in [0.1, 0.15) is 5.54 Å². The van der Waals surface area contributed by atoms with Gasteiger partial charge in [-0.15, -0.1) is 0 Å². The largest absolute Gasteiger partial charge is 0.467 e. The Labute approximate surface area is 106 Å². The van der Waals surface area contributed by atoms with E-state index < -0.39 is 11.5 Å². The molecule has 18 heavy (non-hydrogen) atoms. The van der Waals surface area contributed by atoms with Gasteiger partial charge in [0.15, 0.2) is 0 Å². The molecule has 0 unspecified atom stereocenters. The number of esters is 2. The molecule has 0 aliphatic heterocycles. The molecule has 0 amide bonds. The zero-order chi connectivity index (χ0) is 13.8. The summed E-state index contributed by atoms with van der Waals surface area (Å²) in [5.74, 6) is -0.805. The number of rotatable bonds is 4. The molecule has 0 heterocycles. The Morgan fingerprint density at radius 2 is 1.83 bits per heavy atom. The van der Waals surface area contributed by atoms with Crippen LogP contribution in [-0.4, -0.2) is 31.7 Å². The molecule has 1 aromatic rings. The number of anilines is 1. The van der Waals surface area contributed by atoms with E-state index in [4.69, 9.17) is 4.74 Å². The van der Waals surface area contributed by atoms with Crippen LogP contribution in [0.3, 0.4) is 0 Å². The summed E-state index contributed by atoms with van der Waals surface area (Å²) in [5, 5.41) is 3.01. The van der Waals surface area contributed by atoms with E-state index in [0.717, 1.165) is 0 Å². The summed E-state index contributed by atoms with van der Waals surface area (Å²) in [6, 6.07) is 6.73. The Balaban J connectivity index is 2.92. The highest BCUT2D eigenvalue weighted by atomic mass is 16.5. The van der Waals surface area contributed by atoms with Gasteiger partial charge >= 0.3 is 11.9 Å². The van der Waals surface area contributed by atoms with Gasteiger partial charge < -0.3 is 14.8 Å². The van der Waals surface area contributed by atoms with E-state index in [1.807, 2.05) is 0 Å². The van der Waals surface area contributed by atoms with Crippen LogP contribution in [0.4, 0.5) is 5.69 Å². The van der Waals surface area contributed by atoms with Gasteiger partial charge in [-0.2, -0.15) is 0 Å². The standard InChI is InChI=1S/C13H17NO4/c1-13(2,12(16)18-4)14-10-7-5-6-9(8-10)11(15)17-3/h5-8,14H,1-4H3. The molecule has 0 aliphatic rings. The Kier molecular flexibility index (Phi) is 4.31. The lowest BCUT2D eigenvalue weighted by molar-refractivity contribution is -0.144. The summed E-state index contributed by atoms with van der Waals surface area (Å²) in [5.41, 5.74) is 0.195. The molecule has 0 bridgehead atoms. The molecule has 1 N–H and O–H groups in total. The van der Waals surface area contributed by atoms with Crippen molar-refractivity contribution in [1.29, 1.82) is 0 Å². The summed E-state index contributed by atoms with van der Waals surface area (Å²) in [7, 11) is 2.65. The zero-order valence-corrected chi connectivity index (χ0v) is 10.9. The quantitative estimate of drug-likeness (QED) is 0.827. The Bertz CT molecular complexity index is 454. The van der Waals surface area contributed by atoms with Gasteiger partial charge in [0.2, 0.25) is 0 Å². The number of benzene rings is 1. The molecule has 0 saturated heterocycles. The van der Waals surface area contributed by atoms with Gasteiger partial charge in [0, 0.05) is 5.69 Å². The average Bonchev–Trinajstić information content (AvgIpc) is 2.36. The number of carbonyl (C=O) groups is 2. The molecule has 0 radical (unpaired) electrons. The summed E-state index contributed by atoms with van der Waals surface area (Å²) in [4.78, 5) is 22.9. The van der Waals surface area contributed by atoms with Crippen LogP contribution in [0.25, 0.3) is 0 Å². The van der Waals surface area contributed by atoms with Crippen molar-refractivity contribution in [3.05, 3.63) is 29.8 Å². The third-order valence-electron chi connectivity index (χ3n) is 2.44. The first-order valence-electron chi connectivity index (χ1n) is 5.45. The van der Waals surface area contributed by atoms with Crippen molar-refractivity contribution in [3.63, 3.8) is 0 Å². The maximum Gasteiger partial charge on any atom is 0.337 e. The van der Waals surface area contributed by atoms with E-state index in [9.17, 15) is 9.59 Å². The highest BCUT2D eigenvalue weighted by Gasteiger charge is 2.28. The van der Waals surface area contributed by atoms with Crippen molar-refractivity contribution in [2.45, 2.75) is 19.4 Å². The minimum Gasteiger partial charge on any atom is -0.467 e. The predicted octanol–water partition coefficient (Wildman–Crippen LogP) is 1.84. The molecular weight excluding hydrogens is 234 g/mol. The smallest absolute Gasteiger partial charge is 0.337 e. The molecule has 1 aromatic carbocycles. The van der Waals surface area contributed by atoms with Crippen LogP contribution in [-0.2, 0) is 14.3 Å². The zero-order valence-electron chi connectivity index (χ0n) is 10.9. The van der Waals surface area contributed by atoms with Crippen molar-refractivity contribution in [2.24, 2.45) is 0 Å². The maximum absolute atomic E-state index is 11.5. The number of nitrogens with one attached hydrogen (secondary N) is 1.